The fourth-order valence-electron chi connectivity index (χ4n) is 1.60. The third kappa shape index (κ3) is 5.07. The quantitative estimate of drug-likeness (QED) is 0.789. The SMILES string of the molecule is CCC(C)CSc1ccc(CCN)cc1C(F)(F)F. The summed E-state index contributed by atoms with van der Waals surface area (Å²) in [6.07, 6.45) is -2.86. The van der Waals surface area contributed by atoms with Gasteiger partial charge in [0, 0.05) is 10.6 Å². The summed E-state index contributed by atoms with van der Waals surface area (Å²) in [6, 6.07) is 4.54. The van der Waals surface area contributed by atoms with Gasteiger partial charge in [-0.15, -0.1) is 11.8 Å². The number of halogens is 3. The van der Waals surface area contributed by atoms with Crippen molar-refractivity contribution >= 4 is 11.8 Å². The lowest BCUT2D eigenvalue weighted by atomic mass is 10.1. The second kappa shape index (κ2) is 7.20. The van der Waals surface area contributed by atoms with Crippen LogP contribution >= 0.6 is 11.8 Å². The molecule has 0 saturated carbocycles. The maximum absolute atomic E-state index is 13.0. The summed E-state index contributed by atoms with van der Waals surface area (Å²) >= 11 is 1.28. The van der Waals surface area contributed by atoms with Crippen LogP contribution < -0.4 is 5.73 Å². The molecular formula is C14H20F3NS. The van der Waals surface area contributed by atoms with E-state index in [0.29, 0.717) is 35.1 Å². The zero-order valence-corrected chi connectivity index (χ0v) is 12.1. The van der Waals surface area contributed by atoms with Gasteiger partial charge in [-0.25, -0.2) is 0 Å². The number of alkyl halides is 3. The zero-order chi connectivity index (χ0) is 14.5. The molecule has 2 N–H and O–H groups in total. The highest BCUT2D eigenvalue weighted by molar-refractivity contribution is 7.99. The molecule has 1 nitrogen and oxygen atoms in total. The minimum atomic E-state index is -4.30. The molecule has 0 aliphatic rings. The molecule has 1 aromatic rings. The molecule has 0 bridgehead atoms. The highest BCUT2D eigenvalue weighted by Crippen LogP contribution is 2.38. The monoisotopic (exact) mass is 291 g/mol. The van der Waals surface area contributed by atoms with E-state index in [1.807, 2.05) is 13.8 Å². The van der Waals surface area contributed by atoms with Gasteiger partial charge in [-0.05, 0) is 36.6 Å². The van der Waals surface area contributed by atoms with Crippen molar-refractivity contribution in [3.05, 3.63) is 29.3 Å². The summed E-state index contributed by atoms with van der Waals surface area (Å²) in [5.74, 6) is 1.12. The first-order chi connectivity index (χ1) is 8.88. The normalized spacial score (nSPS) is 13.6. The Morgan fingerprint density at radius 1 is 1.32 bits per heavy atom. The molecule has 1 rings (SSSR count). The first-order valence-electron chi connectivity index (χ1n) is 6.41. The summed E-state index contributed by atoms with van der Waals surface area (Å²) in [4.78, 5) is 0.313. The molecule has 108 valence electrons. The van der Waals surface area contributed by atoms with Crippen LogP contribution in [0.1, 0.15) is 31.4 Å². The van der Waals surface area contributed by atoms with Gasteiger partial charge < -0.3 is 5.73 Å². The van der Waals surface area contributed by atoms with Gasteiger partial charge in [-0.1, -0.05) is 26.3 Å². The van der Waals surface area contributed by atoms with E-state index in [4.69, 9.17) is 5.73 Å². The van der Waals surface area contributed by atoms with E-state index in [-0.39, 0.29) is 0 Å². The van der Waals surface area contributed by atoms with Crippen molar-refractivity contribution in [1.82, 2.24) is 0 Å². The third-order valence-electron chi connectivity index (χ3n) is 3.00. The Bertz CT molecular complexity index is 404. The van der Waals surface area contributed by atoms with Gasteiger partial charge >= 0.3 is 6.18 Å². The molecule has 19 heavy (non-hydrogen) atoms. The van der Waals surface area contributed by atoms with E-state index < -0.39 is 11.7 Å². The number of rotatable bonds is 6. The lowest BCUT2D eigenvalue weighted by molar-refractivity contribution is -0.139. The largest absolute Gasteiger partial charge is 0.417 e. The molecule has 1 aromatic carbocycles. The average molecular weight is 291 g/mol. The van der Waals surface area contributed by atoms with Crippen molar-refractivity contribution < 1.29 is 13.2 Å². The van der Waals surface area contributed by atoms with E-state index in [0.717, 1.165) is 6.42 Å². The molecule has 1 atom stereocenters. The molecule has 0 saturated heterocycles. The summed E-state index contributed by atoms with van der Waals surface area (Å²) in [7, 11) is 0. The Labute approximate surface area is 116 Å². The lowest BCUT2D eigenvalue weighted by Crippen LogP contribution is -2.10. The van der Waals surface area contributed by atoms with Crippen molar-refractivity contribution in [2.45, 2.75) is 37.8 Å². The van der Waals surface area contributed by atoms with E-state index in [1.165, 1.54) is 17.8 Å². The molecule has 0 aliphatic heterocycles. The van der Waals surface area contributed by atoms with Crippen LogP contribution in [0, 0.1) is 5.92 Å². The minimum absolute atomic E-state index is 0.313. The maximum atomic E-state index is 13.0. The molecule has 0 aromatic heterocycles. The van der Waals surface area contributed by atoms with Gasteiger partial charge in [0.15, 0.2) is 0 Å². The van der Waals surface area contributed by atoms with Crippen LogP contribution in [0.5, 0.6) is 0 Å². The van der Waals surface area contributed by atoms with E-state index in [2.05, 4.69) is 0 Å². The predicted molar refractivity (Wildman–Crippen MR) is 74.4 cm³/mol. The topological polar surface area (TPSA) is 26.0 Å². The molecule has 0 radical (unpaired) electrons. The van der Waals surface area contributed by atoms with Gasteiger partial charge in [0.1, 0.15) is 0 Å². The van der Waals surface area contributed by atoms with Crippen LogP contribution in [-0.2, 0) is 12.6 Å². The summed E-state index contributed by atoms with van der Waals surface area (Å²) < 4.78 is 39.1. The number of benzene rings is 1. The van der Waals surface area contributed by atoms with E-state index in [1.54, 1.807) is 12.1 Å². The number of nitrogens with two attached hydrogens (primary N) is 1. The Hall–Kier alpha value is -0.680. The predicted octanol–water partition coefficient (Wildman–Crippen LogP) is 4.34. The van der Waals surface area contributed by atoms with E-state index >= 15 is 0 Å². The van der Waals surface area contributed by atoms with Crippen LogP contribution in [0.2, 0.25) is 0 Å². The summed E-state index contributed by atoms with van der Waals surface area (Å²) in [5, 5.41) is 0. The summed E-state index contributed by atoms with van der Waals surface area (Å²) in [5.41, 5.74) is 5.49. The number of thioether (sulfide) groups is 1. The highest BCUT2D eigenvalue weighted by atomic mass is 32.2. The molecule has 1 unspecified atom stereocenters. The molecule has 0 heterocycles. The minimum Gasteiger partial charge on any atom is -0.330 e. The number of hydrogen-bond donors (Lipinski definition) is 1. The molecule has 5 heteroatoms. The third-order valence-corrected chi connectivity index (χ3v) is 4.41. The van der Waals surface area contributed by atoms with Crippen LogP contribution in [-0.4, -0.2) is 12.3 Å². The van der Waals surface area contributed by atoms with Crippen molar-refractivity contribution in [3.63, 3.8) is 0 Å². The summed E-state index contributed by atoms with van der Waals surface area (Å²) in [6.45, 7) is 4.44. The van der Waals surface area contributed by atoms with Gasteiger partial charge in [-0.3, -0.25) is 0 Å². The maximum Gasteiger partial charge on any atom is 0.417 e. The highest BCUT2D eigenvalue weighted by Gasteiger charge is 2.33. The van der Waals surface area contributed by atoms with Crippen LogP contribution in [0.4, 0.5) is 13.2 Å². The van der Waals surface area contributed by atoms with Crippen molar-refractivity contribution in [3.8, 4) is 0 Å². The van der Waals surface area contributed by atoms with Crippen LogP contribution in [0.25, 0.3) is 0 Å². The Morgan fingerprint density at radius 3 is 2.53 bits per heavy atom. The molecule has 0 amide bonds. The molecule has 0 aliphatic carbocycles. The van der Waals surface area contributed by atoms with Gasteiger partial charge in [0.25, 0.3) is 0 Å². The Balaban J connectivity index is 2.96. The van der Waals surface area contributed by atoms with Gasteiger partial charge in [0.2, 0.25) is 0 Å². The van der Waals surface area contributed by atoms with Gasteiger partial charge in [0.05, 0.1) is 5.56 Å². The fraction of sp³-hybridized carbons (Fsp3) is 0.571. The van der Waals surface area contributed by atoms with Gasteiger partial charge in [-0.2, -0.15) is 13.2 Å². The lowest BCUT2D eigenvalue weighted by Gasteiger charge is -2.15. The fourth-order valence-corrected chi connectivity index (χ4v) is 2.79. The number of hydrogen-bond acceptors (Lipinski definition) is 2. The second-order valence-electron chi connectivity index (χ2n) is 4.69. The average Bonchev–Trinajstić information content (AvgIpc) is 2.36. The van der Waals surface area contributed by atoms with Crippen LogP contribution in [0.3, 0.4) is 0 Å². The molecule has 0 fully saturated rings. The van der Waals surface area contributed by atoms with Crippen molar-refractivity contribution in [2.75, 3.05) is 12.3 Å². The standard InChI is InChI=1S/C14H20F3NS/c1-3-10(2)9-19-13-5-4-11(6-7-18)8-12(13)14(15,16)17/h4-5,8,10H,3,6-7,9,18H2,1-2H3. The first kappa shape index (κ1) is 16.4. The smallest absolute Gasteiger partial charge is 0.330 e. The van der Waals surface area contributed by atoms with Crippen LogP contribution in [0.15, 0.2) is 23.1 Å². The Kier molecular flexibility index (Phi) is 6.20. The second-order valence-corrected chi connectivity index (χ2v) is 5.75. The zero-order valence-electron chi connectivity index (χ0n) is 11.3. The molecule has 0 spiro atoms. The van der Waals surface area contributed by atoms with Crippen molar-refractivity contribution in [1.29, 1.82) is 0 Å². The van der Waals surface area contributed by atoms with Crippen molar-refractivity contribution in [2.24, 2.45) is 11.7 Å². The molecular weight excluding hydrogens is 271 g/mol. The Morgan fingerprint density at radius 2 is 2.00 bits per heavy atom. The van der Waals surface area contributed by atoms with E-state index in [9.17, 15) is 13.2 Å². The first-order valence-corrected chi connectivity index (χ1v) is 7.40.